The summed E-state index contributed by atoms with van der Waals surface area (Å²) in [6, 6.07) is 16.7. The van der Waals surface area contributed by atoms with Gasteiger partial charge in [0.1, 0.15) is 6.17 Å². The highest BCUT2D eigenvalue weighted by Gasteiger charge is 2.44. The van der Waals surface area contributed by atoms with Gasteiger partial charge in [0, 0.05) is 24.0 Å². The van der Waals surface area contributed by atoms with Crippen LogP contribution in [0.4, 0.5) is 0 Å². The number of fused-ring (bicyclic) bond motifs is 3. The number of thioether (sulfide) groups is 1. The van der Waals surface area contributed by atoms with Crippen LogP contribution in [-0.2, 0) is 11.3 Å². The lowest BCUT2D eigenvalue weighted by molar-refractivity contribution is -0.118. The van der Waals surface area contributed by atoms with Gasteiger partial charge in [0.2, 0.25) is 5.91 Å². The quantitative estimate of drug-likeness (QED) is 0.625. The number of aryl methyl sites for hydroxylation is 1. The SMILES string of the molecule is Cc1ccc(C2CC3C4NN=C(SCC(=O)NCc5ccccc5Cl)N4C=CN3N2)cc1. The van der Waals surface area contributed by atoms with Crippen LogP contribution in [-0.4, -0.2) is 38.9 Å². The Labute approximate surface area is 196 Å². The predicted octanol–water partition coefficient (Wildman–Crippen LogP) is 3.31. The van der Waals surface area contributed by atoms with Crippen molar-refractivity contribution in [1.82, 2.24) is 26.1 Å². The highest BCUT2D eigenvalue weighted by Crippen LogP contribution is 2.35. The number of benzene rings is 2. The second-order valence-electron chi connectivity index (χ2n) is 8.13. The van der Waals surface area contributed by atoms with E-state index in [2.05, 4.69) is 68.6 Å². The zero-order valence-electron chi connectivity index (χ0n) is 17.7. The predicted molar refractivity (Wildman–Crippen MR) is 128 cm³/mol. The van der Waals surface area contributed by atoms with Crippen molar-refractivity contribution in [3.8, 4) is 0 Å². The summed E-state index contributed by atoms with van der Waals surface area (Å²) in [4.78, 5) is 14.5. The summed E-state index contributed by atoms with van der Waals surface area (Å²) in [6.07, 6.45) is 5.07. The van der Waals surface area contributed by atoms with Crippen molar-refractivity contribution in [3.63, 3.8) is 0 Å². The Kier molecular flexibility index (Phi) is 5.99. The third-order valence-electron chi connectivity index (χ3n) is 5.95. The van der Waals surface area contributed by atoms with Crippen LogP contribution in [0.5, 0.6) is 0 Å². The molecule has 3 atom stereocenters. The van der Waals surface area contributed by atoms with E-state index in [1.807, 2.05) is 30.5 Å². The number of hydrogen-bond donors (Lipinski definition) is 3. The van der Waals surface area contributed by atoms with Crippen molar-refractivity contribution in [3.05, 3.63) is 82.6 Å². The summed E-state index contributed by atoms with van der Waals surface area (Å²) in [7, 11) is 0. The van der Waals surface area contributed by atoms with Gasteiger partial charge in [-0.15, -0.1) is 0 Å². The van der Waals surface area contributed by atoms with E-state index in [0.717, 1.165) is 17.2 Å². The third kappa shape index (κ3) is 4.30. The molecule has 0 aliphatic carbocycles. The van der Waals surface area contributed by atoms with E-state index in [4.69, 9.17) is 11.6 Å². The van der Waals surface area contributed by atoms with Gasteiger partial charge >= 0.3 is 0 Å². The Morgan fingerprint density at radius 2 is 2.03 bits per heavy atom. The van der Waals surface area contributed by atoms with Crippen LogP contribution in [0.15, 0.2) is 66.0 Å². The maximum absolute atomic E-state index is 12.3. The summed E-state index contributed by atoms with van der Waals surface area (Å²) < 4.78 is 0. The van der Waals surface area contributed by atoms with Crippen molar-refractivity contribution in [2.24, 2.45) is 5.10 Å². The second kappa shape index (κ2) is 9.05. The van der Waals surface area contributed by atoms with E-state index in [-0.39, 0.29) is 24.2 Å². The highest BCUT2D eigenvalue weighted by atomic mass is 35.5. The van der Waals surface area contributed by atoms with Crippen molar-refractivity contribution in [2.75, 3.05) is 5.75 Å². The smallest absolute Gasteiger partial charge is 0.230 e. The molecule has 2 aromatic carbocycles. The van der Waals surface area contributed by atoms with Crippen molar-refractivity contribution in [2.45, 2.75) is 38.1 Å². The van der Waals surface area contributed by atoms with E-state index in [0.29, 0.717) is 17.3 Å². The zero-order chi connectivity index (χ0) is 22.1. The molecular formula is C23H25ClN6OS. The van der Waals surface area contributed by atoms with Crippen LogP contribution in [0.1, 0.15) is 29.2 Å². The third-order valence-corrected chi connectivity index (χ3v) is 7.29. The molecule has 5 rings (SSSR count). The fourth-order valence-corrected chi connectivity index (χ4v) is 5.19. The molecule has 0 spiro atoms. The average Bonchev–Trinajstić information content (AvgIpc) is 3.41. The van der Waals surface area contributed by atoms with Gasteiger partial charge in [-0.3, -0.25) is 10.2 Å². The molecule has 0 aromatic heterocycles. The lowest BCUT2D eigenvalue weighted by atomic mass is 9.99. The van der Waals surface area contributed by atoms with Gasteiger partial charge in [0.25, 0.3) is 0 Å². The minimum atomic E-state index is -0.0503. The van der Waals surface area contributed by atoms with E-state index in [1.165, 1.54) is 22.9 Å². The normalized spacial score (nSPS) is 23.4. The van der Waals surface area contributed by atoms with Crippen molar-refractivity contribution < 1.29 is 4.79 Å². The number of carbonyl (C=O) groups excluding carboxylic acids is 1. The van der Waals surface area contributed by atoms with Crippen LogP contribution in [0, 0.1) is 6.92 Å². The molecule has 0 bridgehead atoms. The van der Waals surface area contributed by atoms with Gasteiger partial charge in [-0.05, 0) is 30.5 Å². The fraction of sp³-hybridized carbons (Fsp3) is 0.304. The summed E-state index contributed by atoms with van der Waals surface area (Å²) in [5.74, 6) is 0.242. The maximum atomic E-state index is 12.3. The fourth-order valence-electron chi connectivity index (χ4n) is 4.18. The summed E-state index contributed by atoms with van der Waals surface area (Å²) in [5, 5.41) is 11.1. The summed E-state index contributed by atoms with van der Waals surface area (Å²) in [5.41, 5.74) is 10.3. The number of hydrazine groups is 1. The van der Waals surface area contributed by atoms with E-state index in [1.54, 1.807) is 0 Å². The largest absolute Gasteiger partial charge is 0.351 e. The molecule has 3 N–H and O–H groups in total. The molecule has 1 amide bonds. The van der Waals surface area contributed by atoms with Gasteiger partial charge in [0.05, 0.1) is 17.8 Å². The Morgan fingerprint density at radius 1 is 1.22 bits per heavy atom. The molecule has 3 aliphatic heterocycles. The number of amidine groups is 1. The Morgan fingerprint density at radius 3 is 2.84 bits per heavy atom. The highest BCUT2D eigenvalue weighted by molar-refractivity contribution is 8.14. The number of hydrogen-bond acceptors (Lipinski definition) is 7. The van der Waals surface area contributed by atoms with E-state index in [9.17, 15) is 4.79 Å². The van der Waals surface area contributed by atoms with Crippen LogP contribution >= 0.6 is 23.4 Å². The molecular weight excluding hydrogens is 444 g/mol. The second-order valence-corrected chi connectivity index (χ2v) is 9.48. The number of rotatable bonds is 5. The van der Waals surface area contributed by atoms with Crippen LogP contribution in [0.25, 0.3) is 0 Å². The number of nitrogens with zero attached hydrogens (tertiary/aromatic N) is 3. The van der Waals surface area contributed by atoms with Crippen LogP contribution < -0.4 is 16.2 Å². The Bertz CT molecular complexity index is 1060. The molecule has 0 saturated carbocycles. The minimum Gasteiger partial charge on any atom is -0.351 e. The number of nitrogens with one attached hydrogen (secondary N) is 3. The van der Waals surface area contributed by atoms with E-state index < -0.39 is 0 Å². The van der Waals surface area contributed by atoms with Crippen molar-refractivity contribution in [1.29, 1.82) is 0 Å². The lowest BCUT2D eigenvalue weighted by Crippen LogP contribution is -2.54. The molecule has 9 heteroatoms. The van der Waals surface area contributed by atoms with Gasteiger partial charge < -0.3 is 15.2 Å². The van der Waals surface area contributed by atoms with Gasteiger partial charge in [0.15, 0.2) is 5.17 Å². The maximum Gasteiger partial charge on any atom is 0.230 e. The molecule has 3 unspecified atom stereocenters. The first-order chi connectivity index (χ1) is 15.6. The van der Waals surface area contributed by atoms with Crippen molar-refractivity contribution >= 4 is 34.4 Å². The lowest BCUT2D eigenvalue weighted by Gasteiger charge is -2.36. The minimum absolute atomic E-state index is 0.0386. The molecule has 32 heavy (non-hydrogen) atoms. The summed E-state index contributed by atoms with van der Waals surface area (Å²) in [6.45, 7) is 2.52. The first-order valence-corrected chi connectivity index (χ1v) is 12.0. The molecule has 0 radical (unpaired) electrons. The molecule has 3 aliphatic rings. The number of carbonyl (C=O) groups is 1. The molecule has 1 fully saturated rings. The van der Waals surface area contributed by atoms with Gasteiger partial charge in [-0.2, -0.15) is 5.10 Å². The molecule has 7 nitrogen and oxygen atoms in total. The zero-order valence-corrected chi connectivity index (χ0v) is 19.2. The number of halogens is 1. The van der Waals surface area contributed by atoms with Gasteiger partial charge in [-0.25, -0.2) is 5.43 Å². The standard InChI is InChI=1S/C23H25ClN6OS/c1-15-6-8-16(9-7-15)19-12-20-22-26-27-23(29(22)10-11-30(20)28-19)32-14-21(31)25-13-17-4-2-3-5-18(17)24/h2-11,19-20,22,26,28H,12-14H2,1H3,(H,25,31). The average molecular weight is 469 g/mol. The monoisotopic (exact) mass is 468 g/mol. The number of hydrazone groups is 1. The topological polar surface area (TPSA) is 72.0 Å². The van der Waals surface area contributed by atoms with Crippen LogP contribution in [0.3, 0.4) is 0 Å². The molecule has 166 valence electrons. The first kappa shape index (κ1) is 21.2. The Balaban J connectivity index is 1.15. The molecule has 2 aromatic rings. The van der Waals surface area contributed by atoms with Gasteiger partial charge in [-0.1, -0.05) is 71.4 Å². The first-order valence-electron chi connectivity index (χ1n) is 10.6. The van der Waals surface area contributed by atoms with E-state index >= 15 is 0 Å². The summed E-state index contributed by atoms with van der Waals surface area (Å²) >= 11 is 7.59. The molecule has 1 saturated heterocycles. The molecule has 3 heterocycles. The number of amides is 1. The Hall–Kier alpha value is -2.68. The van der Waals surface area contributed by atoms with Crippen LogP contribution in [0.2, 0.25) is 5.02 Å².